The van der Waals surface area contributed by atoms with Gasteiger partial charge in [0.05, 0.1) is 31.3 Å². The van der Waals surface area contributed by atoms with E-state index >= 15 is 0 Å². The number of nitrogens with one attached hydrogen (secondary N) is 3. The third-order valence-electron chi connectivity index (χ3n) is 8.86. The largest absolute Gasteiger partial charge is 0.465 e. The first-order valence-corrected chi connectivity index (χ1v) is 14.5. The van der Waals surface area contributed by atoms with E-state index in [-0.39, 0.29) is 54.1 Å². The van der Waals surface area contributed by atoms with Gasteiger partial charge in [-0.3, -0.25) is 19.3 Å². The molecule has 3 N–H and O–H groups in total. The molecule has 5 unspecified atom stereocenters. The number of likely N-dealkylation sites (tertiary alicyclic amines) is 1. The van der Waals surface area contributed by atoms with Crippen LogP contribution in [-0.2, 0) is 19.1 Å². The Morgan fingerprint density at radius 2 is 1.98 bits per heavy atom. The molecule has 5 atom stereocenters. The van der Waals surface area contributed by atoms with Gasteiger partial charge in [-0.2, -0.15) is 0 Å². The van der Waals surface area contributed by atoms with Crippen LogP contribution in [0.15, 0.2) is 36.7 Å². The van der Waals surface area contributed by atoms with Crippen molar-refractivity contribution in [2.45, 2.75) is 76.0 Å². The maximum absolute atomic E-state index is 14.4. The Bertz CT molecular complexity index is 1270. The first kappa shape index (κ1) is 28.3. The summed E-state index contributed by atoms with van der Waals surface area (Å²) >= 11 is 0. The predicted octanol–water partition coefficient (Wildman–Crippen LogP) is 3.04. The Morgan fingerprint density at radius 3 is 2.70 bits per heavy atom. The second kappa shape index (κ2) is 12.1. The second-order valence-electron chi connectivity index (χ2n) is 11.2. The van der Waals surface area contributed by atoms with Crippen LogP contribution >= 0.6 is 0 Å². The number of carbonyl (C=O) groups is 3. The van der Waals surface area contributed by atoms with Gasteiger partial charge in [0.2, 0.25) is 11.8 Å². The Morgan fingerprint density at radius 1 is 1.20 bits per heavy atom. The van der Waals surface area contributed by atoms with Gasteiger partial charge in [-0.05, 0) is 69.5 Å². The van der Waals surface area contributed by atoms with Crippen LogP contribution < -0.4 is 10.6 Å². The Hall–Kier alpha value is -3.24. The number of carbonyl (C=O) groups excluding carboxylic acids is 3. The molecule has 0 spiro atoms. The molecule has 1 aromatic carbocycles. The van der Waals surface area contributed by atoms with Crippen molar-refractivity contribution >= 4 is 28.7 Å². The highest BCUT2D eigenvalue weighted by Gasteiger charge is 2.51. The molecule has 0 radical (unpaired) electrons. The molecule has 5 rings (SSSR count). The van der Waals surface area contributed by atoms with Gasteiger partial charge in [0.1, 0.15) is 11.9 Å². The van der Waals surface area contributed by atoms with Crippen molar-refractivity contribution in [3.05, 3.63) is 48.1 Å². The van der Waals surface area contributed by atoms with E-state index < -0.39 is 12.1 Å². The molecule has 1 saturated heterocycles. The molecule has 3 aliphatic rings. The molecule has 2 aliphatic heterocycles. The van der Waals surface area contributed by atoms with Crippen molar-refractivity contribution in [1.82, 2.24) is 25.4 Å². The predicted molar refractivity (Wildman–Crippen MR) is 150 cm³/mol. The molecule has 1 saturated carbocycles. The van der Waals surface area contributed by atoms with Crippen LogP contribution in [0.1, 0.15) is 57.4 Å². The highest BCUT2D eigenvalue weighted by Crippen LogP contribution is 2.42. The Labute approximate surface area is 234 Å². The number of hydrogen-bond acceptors (Lipinski definition) is 6. The number of likely N-dealkylation sites (N-methyl/N-ethyl adjacent to an activating group) is 1. The number of benzene rings is 1. The van der Waals surface area contributed by atoms with Crippen molar-refractivity contribution < 1.29 is 23.5 Å². The van der Waals surface area contributed by atoms with Gasteiger partial charge >= 0.3 is 5.97 Å². The molecule has 1 aliphatic carbocycles. The summed E-state index contributed by atoms with van der Waals surface area (Å²) in [5, 5.41) is 6.94. The first-order chi connectivity index (χ1) is 19.3. The SMILES string of the molecule is CCOC(=O)CN1CC(c2c[nH]c3cc(F)ccc23)C2C1C=CN2C(=O)C(NC(=O)C(C)NC)C1CCCCC1. The fourth-order valence-electron chi connectivity index (χ4n) is 6.70. The van der Waals surface area contributed by atoms with Crippen LogP contribution in [0.2, 0.25) is 0 Å². The van der Waals surface area contributed by atoms with E-state index in [0.29, 0.717) is 18.7 Å². The summed E-state index contributed by atoms with van der Waals surface area (Å²) < 4.78 is 19.2. The van der Waals surface area contributed by atoms with Gasteiger partial charge in [0.25, 0.3) is 0 Å². The lowest BCUT2D eigenvalue weighted by Gasteiger charge is -2.36. The third kappa shape index (κ3) is 5.51. The number of esters is 1. The minimum absolute atomic E-state index is 0.0632. The van der Waals surface area contributed by atoms with Crippen LogP contribution in [0.4, 0.5) is 4.39 Å². The van der Waals surface area contributed by atoms with E-state index in [9.17, 15) is 18.8 Å². The van der Waals surface area contributed by atoms with E-state index in [1.165, 1.54) is 12.1 Å². The van der Waals surface area contributed by atoms with Crippen LogP contribution in [0.3, 0.4) is 0 Å². The summed E-state index contributed by atoms with van der Waals surface area (Å²) in [5.74, 6) is -1.03. The van der Waals surface area contributed by atoms with Crippen molar-refractivity contribution in [2.24, 2.45) is 5.92 Å². The summed E-state index contributed by atoms with van der Waals surface area (Å²) in [6, 6.07) is 3.14. The highest BCUT2D eigenvalue weighted by atomic mass is 19.1. The number of aromatic amines is 1. The zero-order chi connectivity index (χ0) is 28.4. The molecule has 40 heavy (non-hydrogen) atoms. The van der Waals surface area contributed by atoms with Crippen molar-refractivity contribution in [2.75, 3.05) is 26.7 Å². The molecule has 3 heterocycles. The van der Waals surface area contributed by atoms with Crippen molar-refractivity contribution in [1.29, 1.82) is 0 Å². The topological polar surface area (TPSA) is 107 Å². The average molecular weight is 554 g/mol. The summed E-state index contributed by atoms with van der Waals surface area (Å²) in [6.45, 7) is 4.50. The summed E-state index contributed by atoms with van der Waals surface area (Å²) in [5.41, 5.74) is 1.66. The zero-order valence-electron chi connectivity index (χ0n) is 23.5. The lowest BCUT2D eigenvalue weighted by atomic mass is 9.82. The van der Waals surface area contributed by atoms with Gasteiger partial charge in [-0.1, -0.05) is 19.3 Å². The lowest BCUT2D eigenvalue weighted by molar-refractivity contribution is -0.144. The van der Waals surface area contributed by atoms with Crippen LogP contribution in [0.5, 0.6) is 0 Å². The summed E-state index contributed by atoms with van der Waals surface area (Å²) in [4.78, 5) is 46.9. The van der Waals surface area contributed by atoms with E-state index in [1.807, 2.05) is 18.5 Å². The fraction of sp³-hybridized carbons (Fsp3) is 0.567. The second-order valence-corrected chi connectivity index (χ2v) is 11.2. The zero-order valence-corrected chi connectivity index (χ0v) is 23.5. The summed E-state index contributed by atoms with van der Waals surface area (Å²) in [7, 11) is 1.73. The Kier molecular flexibility index (Phi) is 8.56. The number of H-pyrrole nitrogens is 1. The molecule has 9 nitrogen and oxygen atoms in total. The van der Waals surface area contributed by atoms with E-state index in [2.05, 4.69) is 20.5 Å². The normalized spacial score (nSPS) is 24.7. The Balaban J connectivity index is 1.48. The number of halogens is 1. The van der Waals surface area contributed by atoms with E-state index in [0.717, 1.165) is 43.1 Å². The summed E-state index contributed by atoms with van der Waals surface area (Å²) in [6.07, 6.45) is 10.7. The van der Waals surface area contributed by atoms with Crippen LogP contribution in [0, 0.1) is 11.7 Å². The molecular weight excluding hydrogens is 513 g/mol. The average Bonchev–Trinajstić information content (AvgIpc) is 3.66. The molecule has 10 heteroatoms. The van der Waals surface area contributed by atoms with E-state index in [4.69, 9.17) is 4.74 Å². The maximum Gasteiger partial charge on any atom is 0.320 e. The monoisotopic (exact) mass is 553 g/mol. The number of ether oxygens (including phenoxy) is 1. The van der Waals surface area contributed by atoms with Crippen LogP contribution in [-0.4, -0.2) is 83.5 Å². The smallest absolute Gasteiger partial charge is 0.320 e. The molecule has 0 bridgehead atoms. The quantitative estimate of drug-likeness (QED) is 0.412. The fourth-order valence-corrected chi connectivity index (χ4v) is 6.70. The number of hydrogen-bond donors (Lipinski definition) is 3. The number of nitrogens with zero attached hydrogens (tertiary/aromatic N) is 2. The van der Waals surface area contributed by atoms with E-state index in [1.54, 1.807) is 31.9 Å². The standard InChI is InChI=1S/C30H40FN5O4/c1-4-40-26(37)17-35-16-23(22-15-33-24-14-20(31)10-11-21(22)24)28-25(35)12-13-36(28)30(39)27(19-8-6-5-7-9-19)34-29(38)18(2)32-3/h10-15,18-19,23,25,27-28,32-33H,4-9,16-17H2,1-3H3,(H,34,38). The van der Waals surface area contributed by atoms with Crippen molar-refractivity contribution in [3.63, 3.8) is 0 Å². The molecule has 216 valence electrons. The minimum atomic E-state index is -0.635. The van der Waals surface area contributed by atoms with Gasteiger partial charge in [0.15, 0.2) is 0 Å². The molecule has 2 fully saturated rings. The lowest BCUT2D eigenvalue weighted by Crippen LogP contribution is -2.56. The number of amides is 2. The molecule has 2 amide bonds. The van der Waals surface area contributed by atoms with Gasteiger partial charge in [0, 0.05) is 35.8 Å². The number of aromatic nitrogens is 1. The van der Waals surface area contributed by atoms with Gasteiger partial charge in [-0.15, -0.1) is 0 Å². The van der Waals surface area contributed by atoms with Crippen molar-refractivity contribution in [3.8, 4) is 0 Å². The number of rotatable bonds is 9. The number of fused-ring (bicyclic) bond motifs is 2. The highest BCUT2D eigenvalue weighted by molar-refractivity contribution is 5.91. The van der Waals surface area contributed by atoms with Gasteiger partial charge in [-0.25, -0.2) is 4.39 Å². The minimum Gasteiger partial charge on any atom is -0.465 e. The first-order valence-electron chi connectivity index (χ1n) is 14.5. The molecular formula is C30H40FN5O4. The molecule has 2 aromatic rings. The molecule has 1 aromatic heterocycles. The third-order valence-corrected chi connectivity index (χ3v) is 8.86. The maximum atomic E-state index is 14.4. The van der Waals surface area contributed by atoms with Gasteiger partial charge < -0.3 is 25.3 Å². The van der Waals surface area contributed by atoms with Crippen LogP contribution in [0.25, 0.3) is 10.9 Å².